The number of rotatable bonds is 3. The van der Waals surface area contributed by atoms with Gasteiger partial charge in [-0.05, 0) is 24.6 Å². The molecule has 0 fully saturated rings. The van der Waals surface area contributed by atoms with Crippen molar-refractivity contribution in [3.8, 4) is 5.69 Å². The van der Waals surface area contributed by atoms with Gasteiger partial charge < -0.3 is 16.2 Å². The number of aliphatic carboxylic acids is 1. The van der Waals surface area contributed by atoms with E-state index < -0.39 is 29.5 Å². The lowest BCUT2D eigenvalue weighted by Crippen LogP contribution is -2.44. The number of carboxylic acids is 1. The molecule has 1 aliphatic rings. The Labute approximate surface area is 161 Å². The number of hydrogen-bond acceptors (Lipinski definition) is 5. The van der Waals surface area contributed by atoms with E-state index in [4.69, 9.17) is 5.73 Å². The molecule has 0 saturated carbocycles. The Balaban J connectivity index is 2.04. The molecule has 142 valence electrons. The minimum Gasteiger partial charge on any atom is -0.481 e. The highest BCUT2D eigenvalue weighted by atomic mass is 16.4. The molecule has 7 nitrogen and oxygen atoms in total. The highest BCUT2D eigenvalue weighted by Crippen LogP contribution is 2.44. The van der Waals surface area contributed by atoms with Gasteiger partial charge >= 0.3 is 11.7 Å². The highest BCUT2D eigenvalue weighted by molar-refractivity contribution is 5.78. The van der Waals surface area contributed by atoms with Crippen LogP contribution in [0.5, 0.6) is 0 Å². The third-order valence-electron chi connectivity index (χ3n) is 5.19. The first-order valence-electron chi connectivity index (χ1n) is 9.01. The van der Waals surface area contributed by atoms with Crippen LogP contribution in [0.4, 0.5) is 11.6 Å². The van der Waals surface area contributed by atoms with Crippen molar-refractivity contribution in [1.82, 2.24) is 9.55 Å². The second-order valence-corrected chi connectivity index (χ2v) is 6.90. The van der Waals surface area contributed by atoms with Crippen molar-refractivity contribution in [2.24, 2.45) is 5.92 Å². The van der Waals surface area contributed by atoms with E-state index in [2.05, 4.69) is 10.3 Å². The molecule has 4 N–H and O–H groups in total. The van der Waals surface area contributed by atoms with E-state index >= 15 is 0 Å². The number of nitrogens with zero attached hydrogens (tertiary/aromatic N) is 2. The Kier molecular flexibility index (Phi) is 4.35. The summed E-state index contributed by atoms with van der Waals surface area (Å²) in [6.07, 6.45) is 0. The van der Waals surface area contributed by atoms with Gasteiger partial charge in [-0.2, -0.15) is 4.98 Å². The van der Waals surface area contributed by atoms with E-state index in [1.54, 1.807) is 19.1 Å². The first-order chi connectivity index (χ1) is 13.5. The lowest BCUT2D eigenvalue weighted by Gasteiger charge is -2.38. The van der Waals surface area contributed by atoms with E-state index in [0.29, 0.717) is 17.1 Å². The molecule has 1 aliphatic heterocycles. The molecule has 28 heavy (non-hydrogen) atoms. The molecule has 3 atom stereocenters. The summed E-state index contributed by atoms with van der Waals surface area (Å²) < 4.78 is 1.45. The first kappa shape index (κ1) is 17.8. The molecule has 3 unspecified atom stereocenters. The van der Waals surface area contributed by atoms with Gasteiger partial charge in [0, 0.05) is 17.5 Å². The van der Waals surface area contributed by atoms with Crippen LogP contribution >= 0.6 is 0 Å². The van der Waals surface area contributed by atoms with Crippen LogP contribution in [0.3, 0.4) is 0 Å². The lowest BCUT2D eigenvalue weighted by atomic mass is 9.75. The zero-order chi connectivity index (χ0) is 19.8. The van der Waals surface area contributed by atoms with E-state index in [1.807, 2.05) is 48.5 Å². The summed E-state index contributed by atoms with van der Waals surface area (Å²) in [7, 11) is 0. The highest BCUT2D eigenvalue weighted by Gasteiger charge is 2.43. The Bertz CT molecular complexity index is 1080. The quantitative estimate of drug-likeness (QED) is 0.648. The van der Waals surface area contributed by atoms with Crippen LogP contribution in [0.2, 0.25) is 0 Å². The summed E-state index contributed by atoms with van der Waals surface area (Å²) in [4.78, 5) is 28.8. The van der Waals surface area contributed by atoms with Crippen LogP contribution in [0, 0.1) is 5.92 Å². The van der Waals surface area contributed by atoms with Crippen LogP contribution in [-0.2, 0) is 4.79 Å². The minimum atomic E-state index is -0.934. The van der Waals surface area contributed by atoms with Gasteiger partial charge in [0.1, 0.15) is 11.6 Å². The number of fused-ring (bicyclic) bond motifs is 1. The van der Waals surface area contributed by atoms with Crippen molar-refractivity contribution >= 4 is 17.6 Å². The number of benzene rings is 2. The second kappa shape index (κ2) is 6.84. The molecule has 2 heterocycles. The fourth-order valence-corrected chi connectivity index (χ4v) is 3.98. The number of para-hydroxylation sites is 1. The van der Waals surface area contributed by atoms with Gasteiger partial charge in [-0.15, -0.1) is 0 Å². The van der Waals surface area contributed by atoms with Crippen LogP contribution in [-0.4, -0.2) is 26.7 Å². The largest absolute Gasteiger partial charge is 0.481 e. The summed E-state index contributed by atoms with van der Waals surface area (Å²) in [5, 5.41) is 13.1. The van der Waals surface area contributed by atoms with Crippen molar-refractivity contribution < 1.29 is 9.90 Å². The molecule has 1 aromatic heterocycles. The van der Waals surface area contributed by atoms with E-state index in [-0.39, 0.29) is 5.82 Å². The van der Waals surface area contributed by atoms with E-state index in [1.165, 1.54) is 4.57 Å². The molecule has 0 radical (unpaired) electrons. The van der Waals surface area contributed by atoms with Gasteiger partial charge in [-0.25, -0.2) is 9.36 Å². The summed E-state index contributed by atoms with van der Waals surface area (Å²) in [6, 6.07) is 18.0. The maximum atomic E-state index is 12.7. The Hall–Kier alpha value is -3.61. The van der Waals surface area contributed by atoms with Gasteiger partial charge in [0.15, 0.2) is 0 Å². The molecule has 0 saturated heterocycles. The van der Waals surface area contributed by atoms with Crippen molar-refractivity contribution in [3.63, 3.8) is 0 Å². The van der Waals surface area contributed by atoms with Crippen LogP contribution in [0.15, 0.2) is 65.5 Å². The van der Waals surface area contributed by atoms with Crippen LogP contribution < -0.4 is 16.7 Å². The minimum absolute atomic E-state index is 0.0479. The van der Waals surface area contributed by atoms with Gasteiger partial charge in [0.25, 0.3) is 0 Å². The van der Waals surface area contributed by atoms with Crippen molar-refractivity contribution in [1.29, 1.82) is 0 Å². The van der Waals surface area contributed by atoms with Crippen molar-refractivity contribution in [3.05, 3.63) is 82.3 Å². The van der Waals surface area contributed by atoms with Crippen LogP contribution in [0.1, 0.15) is 24.0 Å². The van der Waals surface area contributed by atoms with E-state index in [9.17, 15) is 14.7 Å². The summed E-state index contributed by atoms with van der Waals surface area (Å²) in [5.41, 5.74) is 7.64. The second-order valence-electron chi connectivity index (χ2n) is 6.90. The monoisotopic (exact) mass is 376 g/mol. The average molecular weight is 376 g/mol. The zero-order valence-corrected chi connectivity index (χ0v) is 15.2. The molecular weight excluding hydrogens is 356 g/mol. The zero-order valence-electron chi connectivity index (χ0n) is 15.2. The molecule has 0 aliphatic carbocycles. The maximum absolute atomic E-state index is 12.7. The predicted octanol–water partition coefficient (Wildman–Crippen LogP) is 2.46. The number of nitrogen functional groups attached to an aromatic ring is 1. The van der Waals surface area contributed by atoms with Gasteiger partial charge in [-0.3, -0.25) is 4.79 Å². The molecular formula is C21H20N4O3. The third-order valence-corrected chi connectivity index (χ3v) is 5.19. The summed E-state index contributed by atoms with van der Waals surface area (Å²) in [5.74, 6) is -1.70. The number of anilines is 2. The van der Waals surface area contributed by atoms with Gasteiger partial charge in [0.2, 0.25) is 0 Å². The summed E-state index contributed by atoms with van der Waals surface area (Å²) >= 11 is 0. The number of carbonyl (C=O) groups is 1. The fourth-order valence-electron chi connectivity index (χ4n) is 3.98. The number of aromatic nitrogens is 2. The molecule has 0 amide bonds. The van der Waals surface area contributed by atoms with Crippen molar-refractivity contribution in [2.75, 3.05) is 11.1 Å². The van der Waals surface area contributed by atoms with Crippen LogP contribution in [0.25, 0.3) is 5.69 Å². The molecule has 2 aromatic carbocycles. The first-order valence-corrected chi connectivity index (χ1v) is 9.01. The van der Waals surface area contributed by atoms with Gasteiger partial charge in [-0.1, -0.05) is 48.5 Å². The maximum Gasteiger partial charge on any atom is 0.355 e. The van der Waals surface area contributed by atoms with E-state index in [0.717, 1.165) is 5.56 Å². The molecule has 0 bridgehead atoms. The Morgan fingerprint density at radius 2 is 1.71 bits per heavy atom. The Morgan fingerprint density at radius 3 is 2.32 bits per heavy atom. The molecule has 7 heteroatoms. The molecule has 0 spiro atoms. The fraction of sp³-hybridized carbons (Fsp3) is 0.190. The summed E-state index contributed by atoms with van der Waals surface area (Å²) in [6.45, 7) is 1.80. The third kappa shape index (κ3) is 2.81. The van der Waals surface area contributed by atoms with Crippen molar-refractivity contribution in [2.45, 2.75) is 18.9 Å². The normalized spacial score (nSPS) is 20.8. The average Bonchev–Trinajstić information content (AvgIpc) is 2.68. The smallest absolute Gasteiger partial charge is 0.355 e. The number of nitrogens with one attached hydrogen (secondary N) is 1. The molecule has 3 aromatic rings. The molecule has 4 rings (SSSR count). The lowest BCUT2D eigenvalue weighted by molar-refractivity contribution is -0.142. The number of carboxylic acid groups (broad SMARTS) is 1. The Morgan fingerprint density at radius 1 is 1.11 bits per heavy atom. The standard InChI is InChI=1S/C21H20N4O3/c1-12-15(20(26)27)16(13-8-4-2-5-9-13)17-18(22)24-21(28)25(19(17)23-12)14-10-6-3-7-11-14/h2-12,15-16,23H,1H3,(H,26,27)(H2,22,24,28). The van der Waals surface area contributed by atoms with Gasteiger partial charge in [0.05, 0.1) is 11.6 Å². The predicted molar refractivity (Wildman–Crippen MR) is 107 cm³/mol. The number of nitrogens with two attached hydrogens (primary N) is 1. The number of hydrogen-bond donors (Lipinski definition) is 3. The topological polar surface area (TPSA) is 110 Å². The SMILES string of the molecule is CC1Nc2c(c(N)nc(=O)n2-c2ccccc2)C(c2ccccc2)C1C(=O)O.